The number of likely N-dealkylation sites (tertiary alicyclic amines) is 1. The van der Waals surface area contributed by atoms with Crippen LogP contribution < -0.4 is 10.6 Å². The number of aliphatic imine (C=N–C) groups is 1. The van der Waals surface area contributed by atoms with E-state index in [1.54, 1.807) is 6.20 Å². The van der Waals surface area contributed by atoms with Gasteiger partial charge in [0.05, 0.1) is 24.9 Å². The molecule has 1 amide bonds. The number of guanidine groups is 1. The van der Waals surface area contributed by atoms with E-state index in [1.165, 1.54) is 25.2 Å². The molecule has 1 aromatic rings. The number of nitrogens with one attached hydrogen (secondary N) is 2. The molecule has 4 atom stereocenters. The third-order valence-electron chi connectivity index (χ3n) is 5.54. The van der Waals surface area contributed by atoms with E-state index in [2.05, 4.69) is 32.4 Å². The quantitative estimate of drug-likeness (QED) is 0.446. The number of hydrogen-bond donors (Lipinski definition) is 2. The molecule has 2 N–H and O–H groups in total. The lowest BCUT2D eigenvalue weighted by atomic mass is 9.82. The van der Waals surface area contributed by atoms with Gasteiger partial charge in [0.1, 0.15) is 5.69 Å². The molecule has 1 aromatic heterocycles. The summed E-state index contributed by atoms with van der Waals surface area (Å²) < 4.78 is 6.05. The Bertz CT molecular complexity index is 649. The number of aromatic nitrogens is 2. The fraction of sp³-hybridized carbons (Fsp3) is 0.667. The Morgan fingerprint density at radius 2 is 2.04 bits per heavy atom. The van der Waals surface area contributed by atoms with Crippen LogP contribution in [0.3, 0.4) is 0 Å². The van der Waals surface area contributed by atoms with Crippen LogP contribution in [0.2, 0.25) is 0 Å². The number of carbonyl (C=O) groups excluding carboxylic acids is 1. The molecule has 0 aliphatic carbocycles. The highest BCUT2D eigenvalue weighted by atomic mass is 16.5. The van der Waals surface area contributed by atoms with Crippen molar-refractivity contribution in [2.75, 3.05) is 32.7 Å². The van der Waals surface area contributed by atoms with E-state index < -0.39 is 0 Å². The molecular formula is C18H26N6O2. The van der Waals surface area contributed by atoms with Crippen molar-refractivity contribution in [2.45, 2.75) is 32.0 Å². The maximum Gasteiger partial charge on any atom is 0.271 e. The van der Waals surface area contributed by atoms with Gasteiger partial charge in [-0.1, -0.05) is 0 Å². The number of nitrogens with zero attached hydrogens (tertiary/aromatic N) is 4. The summed E-state index contributed by atoms with van der Waals surface area (Å²) in [6.07, 6.45) is 7.84. The molecule has 26 heavy (non-hydrogen) atoms. The molecular weight excluding hydrogens is 332 g/mol. The zero-order valence-corrected chi connectivity index (χ0v) is 15.1. The Labute approximate surface area is 153 Å². The first-order valence-corrected chi connectivity index (χ1v) is 9.49. The van der Waals surface area contributed by atoms with Crippen LogP contribution in [0.1, 0.15) is 30.3 Å². The van der Waals surface area contributed by atoms with Crippen molar-refractivity contribution >= 4 is 11.9 Å². The van der Waals surface area contributed by atoms with Gasteiger partial charge >= 0.3 is 0 Å². The van der Waals surface area contributed by atoms with Crippen molar-refractivity contribution in [3.63, 3.8) is 0 Å². The number of hydrogen-bond acceptors (Lipinski definition) is 5. The summed E-state index contributed by atoms with van der Waals surface area (Å²) >= 11 is 0. The topological polar surface area (TPSA) is 91.7 Å². The van der Waals surface area contributed by atoms with Gasteiger partial charge < -0.3 is 20.3 Å². The zero-order chi connectivity index (χ0) is 17.9. The normalized spacial score (nSPS) is 29.7. The highest BCUT2D eigenvalue weighted by Gasteiger charge is 2.53. The molecule has 0 spiro atoms. The third kappa shape index (κ3) is 3.38. The van der Waals surface area contributed by atoms with Crippen LogP contribution in [-0.2, 0) is 4.74 Å². The molecule has 8 nitrogen and oxygen atoms in total. The lowest BCUT2D eigenvalue weighted by Gasteiger charge is -2.23. The lowest BCUT2D eigenvalue weighted by molar-refractivity contribution is 0.0767. The average molecular weight is 358 g/mol. The second-order valence-electron chi connectivity index (χ2n) is 7.11. The van der Waals surface area contributed by atoms with Gasteiger partial charge in [0.15, 0.2) is 5.96 Å². The summed E-state index contributed by atoms with van der Waals surface area (Å²) in [7, 11) is 0. The van der Waals surface area contributed by atoms with E-state index in [9.17, 15) is 4.79 Å². The Morgan fingerprint density at radius 1 is 1.27 bits per heavy atom. The van der Waals surface area contributed by atoms with Gasteiger partial charge in [-0.25, -0.2) is 4.98 Å². The molecule has 3 aliphatic rings. The minimum absolute atomic E-state index is 0.220. The Morgan fingerprint density at radius 3 is 2.69 bits per heavy atom. The van der Waals surface area contributed by atoms with Crippen LogP contribution in [0, 0.1) is 11.8 Å². The number of amides is 1. The molecule has 0 aromatic carbocycles. The fourth-order valence-electron chi connectivity index (χ4n) is 4.40. The molecule has 4 heterocycles. The van der Waals surface area contributed by atoms with E-state index in [-0.39, 0.29) is 5.91 Å². The first-order chi connectivity index (χ1) is 12.8. The molecule has 3 aliphatic heterocycles. The van der Waals surface area contributed by atoms with Gasteiger partial charge in [-0.2, -0.15) is 0 Å². The van der Waals surface area contributed by atoms with Gasteiger partial charge in [0, 0.05) is 50.4 Å². The Hall–Kier alpha value is -2.22. The summed E-state index contributed by atoms with van der Waals surface area (Å²) in [6, 6.07) is 0. The minimum Gasteiger partial charge on any atom is -0.374 e. The van der Waals surface area contributed by atoms with Crippen LogP contribution in [0.5, 0.6) is 0 Å². The van der Waals surface area contributed by atoms with Crippen molar-refractivity contribution in [2.24, 2.45) is 16.8 Å². The number of rotatable bonds is 5. The Kier molecular flexibility index (Phi) is 5.01. The van der Waals surface area contributed by atoms with E-state index in [0.29, 0.717) is 42.8 Å². The second kappa shape index (κ2) is 7.57. The van der Waals surface area contributed by atoms with Crippen molar-refractivity contribution in [1.82, 2.24) is 25.5 Å². The zero-order valence-electron chi connectivity index (χ0n) is 15.1. The third-order valence-corrected chi connectivity index (χ3v) is 5.54. The summed E-state index contributed by atoms with van der Waals surface area (Å²) in [5.74, 6) is 2.01. The molecule has 2 bridgehead atoms. The standard InChI is InChI=1S/C18H26N6O2/c1-2-20-18(23-8-7-22-17(25)14-9-19-5-6-21-14)24-10-12-13(11-24)16-4-3-15(12)26-16/h5-6,9,12-13,15-16H,2-4,7-8,10-11H2,1H3,(H,20,23)(H,22,25). The summed E-state index contributed by atoms with van der Waals surface area (Å²) in [4.78, 5) is 26.9. The van der Waals surface area contributed by atoms with Gasteiger partial charge in [0.2, 0.25) is 0 Å². The maximum atomic E-state index is 12.0. The van der Waals surface area contributed by atoms with Gasteiger partial charge in [-0.05, 0) is 19.8 Å². The molecule has 8 heteroatoms. The predicted octanol–water partition coefficient (Wildman–Crippen LogP) is 0.281. The molecule has 3 saturated heterocycles. The molecule has 0 saturated carbocycles. The Balaban J connectivity index is 1.30. The first kappa shape index (κ1) is 17.2. The van der Waals surface area contributed by atoms with Crippen LogP contribution in [-0.4, -0.2) is 71.7 Å². The molecule has 3 fully saturated rings. The van der Waals surface area contributed by atoms with Gasteiger partial charge in [-0.15, -0.1) is 0 Å². The van der Waals surface area contributed by atoms with Crippen LogP contribution in [0.4, 0.5) is 0 Å². The molecule has 0 radical (unpaired) electrons. The van der Waals surface area contributed by atoms with Crippen LogP contribution in [0.15, 0.2) is 23.6 Å². The predicted molar refractivity (Wildman–Crippen MR) is 96.8 cm³/mol. The van der Waals surface area contributed by atoms with E-state index in [4.69, 9.17) is 9.73 Å². The highest BCUT2D eigenvalue weighted by molar-refractivity contribution is 5.91. The van der Waals surface area contributed by atoms with Crippen LogP contribution >= 0.6 is 0 Å². The van der Waals surface area contributed by atoms with Gasteiger partial charge in [-0.3, -0.25) is 14.8 Å². The molecule has 140 valence electrons. The van der Waals surface area contributed by atoms with E-state index in [0.717, 1.165) is 25.6 Å². The van der Waals surface area contributed by atoms with Crippen molar-refractivity contribution in [3.8, 4) is 0 Å². The summed E-state index contributed by atoms with van der Waals surface area (Å²) in [5.41, 5.74) is 0.325. The number of fused-ring (bicyclic) bond motifs is 5. The minimum atomic E-state index is -0.220. The maximum absolute atomic E-state index is 12.0. The van der Waals surface area contributed by atoms with E-state index in [1.807, 2.05) is 0 Å². The fourth-order valence-corrected chi connectivity index (χ4v) is 4.40. The van der Waals surface area contributed by atoms with Crippen molar-refractivity contribution in [3.05, 3.63) is 24.3 Å². The van der Waals surface area contributed by atoms with Gasteiger partial charge in [0.25, 0.3) is 5.91 Å². The molecule has 4 rings (SSSR count). The first-order valence-electron chi connectivity index (χ1n) is 9.49. The number of ether oxygens (including phenoxy) is 1. The largest absolute Gasteiger partial charge is 0.374 e. The smallest absolute Gasteiger partial charge is 0.271 e. The highest BCUT2D eigenvalue weighted by Crippen LogP contribution is 2.47. The van der Waals surface area contributed by atoms with Crippen molar-refractivity contribution in [1.29, 1.82) is 0 Å². The lowest BCUT2D eigenvalue weighted by Crippen LogP contribution is -2.41. The van der Waals surface area contributed by atoms with Crippen molar-refractivity contribution < 1.29 is 9.53 Å². The van der Waals surface area contributed by atoms with E-state index >= 15 is 0 Å². The number of carbonyl (C=O) groups is 1. The second-order valence-corrected chi connectivity index (χ2v) is 7.11. The van der Waals surface area contributed by atoms with Crippen LogP contribution in [0.25, 0.3) is 0 Å². The monoisotopic (exact) mass is 358 g/mol. The average Bonchev–Trinajstić information content (AvgIpc) is 3.38. The summed E-state index contributed by atoms with van der Waals surface area (Å²) in [5, 5.41) is 6.22. The molecule has 4 unspecified atom stereocenters. The SMILES string of the molecule is CCNC(=NCCNC(=O)c1cnccn1)N1CC2C3CCC(O3)C2C1. The summed E-state index contributed by atoms with van der Waals surface area (Å²) in [6.45, 7) is 5.95.